The van der Waals surface area contributed by atoms with Crippen LogP contribution in [0.3, 0.4) is 0 Å². The zero-order valence-electron chi connectivity index (χ0n) is 11.7. The molecule has 6 nitrogen and oxygen atoms in total. The zero-order chi connectivity index (χ0) is 14.8. The van der Waals surface area contributed by atoms with Crippen molar-refractivity contribution in [3.05, 3.63) is 29.8 Å². The van der Waals surface area contributed by atoms with E-state index in [1.165, 1.54) is 17.3 Å². The van der Waals surface area contributed by atoms with Gasteiger partial charge in [-0.3, -0.25) is 4.79 Å². The second-order valence-electron chi connectivity index (χ2n) is 4.99. The van der Waals surface area contributed by atoms with Crippen molar-refractivity contribution >= 4 is 29.3 Å². The van der Waals surface area contributed by atoms with E-state index in [1.807, 2.05) is 30.0 Å². The molecule has 0 spiro atoms. The van der Waals surface area contributed by atoms with Gasteiger partial charge in [-0.25, -0.2) is 5.10 Å². The van der Waals surface area contributed by atoms with Crippen LogP contribution in [0.5, 0.6) is 0 Å². The lowest BCUT2D eigenvalue weighted by molar-refractivity contribution is -0.117. The van der Waals surface area contributed by atoms with Crippen LogP contribution in [0.25, 0.3) is 0 Å². The maximum Gasteiger partial charge on any atom is 0.240 e. The van der Waals surface area contributed by atoms with Crippen molar-refractivity contribution in [2.24, 2.45) is 0 Å². The quantitative estimate of drug-likeness (QED) is 0.845. The normalized spacial score (nSPS) is 15.6. The number of hydrogen-bond acceptors (Lipinski definition) is 5. The summed E-state index contributed by atoms with van der Waals surface area (Å²) in [5.41, 5.74) is 7.76. The summed E-state index contributed by atoms with van der Waals surface area (Å²) in [6.07, 6.45) is 2.02. The molecule has 21 heavy (non-hydrogen) atoms. The van der Waals surface area contributed by atoms with Gasteiger partial charge in [-0.05, 0) is 31.4 Å². The Hall–Kier alpha value is -2.02. The number of aromatic amines is 1. The monoisotopic (exact) mass is 303 g/mol. The zero-order valence-corrected chi connectivity index (χ0v) is 12.6. The Morgan fingerprint density at radius 3 is 3.05 bits per heavy atom. The van der Waals surface area contributed by atoms with Gasteiger partial charge in [-0.1, -0.05) is 30.0 Å². The predicted molar refractivity (Wildman–Crippen MR) is 83.2 cm³/mol. The van der Waals surface area contributed by atoms with Crippen molar-refractivity contribution in [2.75, 3.05) is 17.2 Å². The summed E-state index contributed by atoms with van der Waals surface area (Å²) in [5.74, 6) is 0.344. The first-order chi connectivity index (χ1) is 10.1. The van der Waals surface area contributed by atoms with Crippen LogP contribution >= 0.6 is 11.8 Å². The number of nitrogens with zero attached hydrogens (tertiary/aromatic N) is 3. The molecule has 1 aromatic heterocycles. The summed E-state index contributed by atoms with van der Waals surface area (Å²) in [6, 6.07) is 8.08. The molecule has 0 aliphatic carbocycles. The SMILES string of the molecule is CC(Sc1n[nH]c(N)n1)C(=O)N1CCCc2ccccc21. The number of nitrogens with one attached hydrogen (secondary N) is 1. The Bertz CT molecular complexity index is 656. The van der Waals surface area contributed by atoms with Crippen LogP contribution in [-0.4, -0.2) is 32.9 Å². The number of carbonyl (C=O) groups is 1. The fourth-order valence-corrected chi connectivity index (χ4v) is 3.30. The average molecular weight is 303 g/mol. The van der Waals surface area contributed by atoms with Gasteiger partial charge in [0, 0.05) is 12.2 Å². The van der Waals surface area contributed by atoms with Crippen LogP contribution in [0, 0.1) is 0 Å². The van der Waals surface area contributed by atoms with Gasteiger partial charge in [0.25, 0.3) is 0 Å². The fraction of sp³-hybridized carbons (Fsp3) is 0.357. The van der Waals surface area contributed by atoms with Crippen LogP contribution in [0.4, 0.5) is 11.6 Å². The molecule has 1 atom stereocenters. The minimum absolute atomic E-state index is 0.0792. The Morgan fingerprint density at radius 2 is 2.29 bits per heavy atom. The van der Waals surface area contributed by atoms with E-state index in [0.29, 0.717) is 5.16 Å². The highest BCUT2D eigenvalue weighted by Gasteiger charge is 2.27. The molecule has 7 heteroatoms. The molecule has 1 aromatic carbocycles. The molecular formula is C14H17N5OS. The van der Waals surface area contributed by atoms with Gasteiger partial charge < -0.3 is 10.6 Å². The first-order valence-corrected chi connectivity index (χ1v) is 7.77. The number of rotatable bonds is 3. The van der Waals surface area contributed by atoms with Crippen molar-refractivity contribution in [3.63, 3.8) is 0 Å². The lowest BCUT2D eigenvalue weighted by atomic mass is 10.0. The summed E-state index contributed by atoms with van der Waals surface area (Å²) in [4.78, 5) is 18.6. The van der Waals surface area contributed by atoms with Crippen LogP contribution in [0.15, 0.2) is 29.4 Å². The highest BCUT2D eigenvalue weighted by molar-refractivity contribution is 8.00. The Labute approximate surface area is 127 Å². The van der Waals surface area contributed by atoms with E-state index in [1.54, 1.807) is 0 Å². The van der Waals surface area contributed by atoms with E-state index < -0.39 is 0 Å². The van der Waals surface area contributed by atoms with E-state index >= 15 is 0 Å². The molecule has 0 fully saturated rings. The van der Waals surface area contributed by atoms with Crippen LogP contribution in [0.1, 0.15) is 18.9 Å². The number of aryl methyl sites for hydroxylation is 1. The number of H-pyrrole nitrogens is 1. The molecule has 1 aliphatic rings. The maximum absolute atomic E-state index is 12.7. The molecule has 0 saturated heterocycles. The van der Waals surface area contributed by atoms with Crippen molar-refractivity contribution in [1.82, 2.24) is 15.2 Å². The topological polar surface area (TPSA) is 87.9 Å². The highest BCUT2D eigenvalue weighted by atomic mass is 32.2. The van der Waals surface area contributed by atoms with E-state index in [2.05, 4.69) is 21.2 Å². The fourth-order valence-electron chi connectivity index (χ4n) is 2.50. The van der Waals surface area contributed by atoms with Crippen molar-refractivity contribution in [1.29, 1.82) is 0 Å². The van der Waals surface area contributed by atoms with Gasteiger partial charge >= 0.3 is 0 Å². The van der Waals surface area contributed by atoms with Gasteiger partial charge in [0.05, 0.1) is 5.25 Å². The molecule has 0 saturated carbocycles. The second-order valence-corrected chi connectivity index (χ2v) is 6.29. The van der Waals surface area contributed by atoms with Gasteiger partial charge in [-0.15, -0.1) is 5.10 Å². The maximum atomic E-state index is 12.7. The molecule has 3 N–H and O–H groups in total. The molecule has 3 rings (SSSR count). The summed E-state index contributed by atoms with van der Waals surface area (Å²) in [7, 11) is 0. The number of hydrogen-bond donors (Lipinski definition) is 2. The summed E-state index contributed by atoms with van der Waals surface area (Å²) < 4.78 is 0. The first kappa shape index (κ1) is 13.9. The molecular weight excluding hydrogens is 286 g/mol. The second kappa shape index (κ2) is 5.77. The van der Waals surface area contributed by atoms with Crippen LogP contribution < -0.4 is 10.6 Å². The van der Waals surface area contributed by atoms with Gasteiger partial charge in [0.2, 0.25) is 17.0 Å². The number of anilines is 2. The largest absolute Gasteiger partial charge is 0.368 e. The van der Waals surface area contributed by atoms with Crippen molar-refractivity contribution in [3.8, 4) is 0 Å². The Kier molecular flexibility index (Phi) is 3.83. The molecule has 0 radical (unpaired) electrons. The van der Waals surface area contributed by atoms with E-state index in [0.717, 1.165) is 25.1 Å². The van der Waals surface area contributed by atoms with E-state index in [4.69, 9.17) is 5.73 Å². The molecule has 1 aliphatic heterocycles. The number of nitrogen functional groups attached to an aromatic ring is 1. The lowest BCUT2D eigenvalue weighted by Crippen LogP contribution is -2.40. The summed E-state index contributed by atoms with van der Waals surface area (Å²) >= 11 is 1.32. The van der Waals surface area contributed by atoms with Gasteiger partial charge in [0.15, 0.2) is 0 Å². The van der Waals surface area contributed by atoms with Gasteiger partial charge in [-0.2, -0.15) is 4.98 Å². The summed E-state index contributed by atoms with van der Waals surface area (Å²) in [6.45, 7) is 2.63. The van der Waals surface area contributed by atoms with E-state index in [-0.39, 0.29) is 17.1 Å². The van der Waals surface area contributed by atoms with Crippen molar-refractivity contribution in [2.45, 2.75) is 30.2 Å². The number of amides is 1. The summed E-state index contributed by atoms with van der Waals surface area (Å²) in [5, 5.41) is 6.78. The number of fused-ring (bicyclic) bond motifs is 1. The number of thioether (sulfide) groups is 1. The average Bonchev–Trinajstić information content (AvgIpc) is 2.91. The van der Waals surface area contributed by atoms with Gasteiger partial charge in [0.1, 0.15) is 0 Å². The minimum Gasteiger partial charge on any atom is -0.368 e. The molecule has 1 unspecified atom stereocenters. The molecule has 0 bridgehead atoms. The number of benzene rings is 1. The molecule has 2 aromatic rings. The van der Waals surface area contributed by atoms with Crippen LogP contribution in [-0.2, 0) is 11.2 Å². The number of nitrogens with two attached hydrogens (primary N) is 1. The standard InChI is InChI=1S/C14H17N5OS/c1-9(21-14-16-13(15)17-18-14)12(20)19-8-4-6-10-5-2-3-7-11(10)19/h2-3,5,7,9H,4,6,8H2,1H3,(H3,15,16,17,18). The van der Waals surface area contributed by atoms with Crippen LogP contribution in [0.2, 0.25) is 0 Å². The third-order valence-electron chi connectivity index (χ3n) is 3.49. The predicted octanol–water partition coefficient (Wildman–Crippen LogP) is 1.85. The first-order valence-electron chi connectivity index (χ1n) is 6.89. The molecule has 2 heterocycles. The highest BCUT2D eigenvalue weighted by Crippen LogP contribution is 2.30. The van der Waals surface area contributed by atoms with E-state index in [9.17, 15) is 4.79 Å². The smallest absolute Gasteiger partial charge is 0.240 e. The minimum atomic E-state index is -0.258. The third-order valence-corrected chi connectivity index (χ3v) is 4.44. The molecule has 110 valence electrons. The third kappa shape index (κ3) is 2.87. The number of para-hydroxylation sites is 1. The number of carbonyl (C=O) groups excluding carboxylic acids is 1. The lowest BCUT2D eigenvalue weighted by Gasteiger charge is -2.31. The Morgan fingerprint density at radius 1 is 1.48 bits per heavy atom. The molecule has 1 amide bonds. The van der Waals surface area contributed by atoms with Crippen molar-refractivity contribution < 1.29 is 4.79 Å². The Balaban J connectivity index is 1.76. The number of aromatic nitrogens is 3.